The van der Waals surface area contributed by atoms with Gasteiger partial charge in [-0.2, -0.15) is 0 Å². The fourth-order valence-corrected chi connectivity index (χ4v) is 1.44. The largest absolute Gasteiger partial charge is 0.357 e. The average molecular weight is 237 g/mol. The van der Waals surface area contributed by atoms with Crippen molar-refractivity contribution in [1.29, 1.82) is 0 Å². The van der Waals surface area contributed by atoms with Crippen molar-refractivity contribution in [2.75, 3.05) is 0 Å². The number of nitrogens with two attached hydrogens (primary N) is 1. The Bertz CT molecular complexity index is 376. The summed E-state index contributed by atoms with van der Waals surface area (Å²) in [6.45, 7) is 6.70. The molecule has 0 spiro atoms. The molecule has 0 aliphatic rings. The third-order valence-electron chi connectivity index (χ3n) is 2.90. The van der Waals surface area contributed by atoms with Gasteiger partial charge < -0.3 is 15.6 Å². The highest BCUT2D eigenvalue weighted by Crippen LogP contribution is 2.19. The van der Waals surface area contributed by atoms with Crippen LogP contribution in [0.15, 0.2) is 18.5 Å². The van der Waals surface area contributed by atoms with E-state index in [1.54, 1.807) is 0 Å². The smallest absolute Gasteiger partial charge is 0.221 e. The highest BCUT2D eigenvalue weighted by Gasteiger charge is 2.22. The maximum Gasteiger partial charge on any atom is 0.221 e. The van der Waals surface area contributed by atoms with Gasteiger partial charge in [-0.15, -0.1) is 0 Å². The third-order valence-corrected chi connectivity index (χ3v) is 2.90. The molecule has 1 aromatic heterocycles. The first-order valence-corrected chi connectivity index (χ1v) is 5.92. The maximum absolute atomic E-state index is 11.7. The van der Waals surface area contributed by atoms with Gasteiger partial charge in [0.1, 0.15) is 0 Å². The van der Waals surface area contributed by atoms with Crippen LogP contribution in [0, 0.1) is 5.41 Å². The molecule has 0 aliphatic carbocycles. The fraction of sp³-hybridized carbons (Fsp3) is 0.615. The molecule has 0 aliphatic heterocycles. The summed E-state index contributed by atoms with van der Waals surface area (Å²) in [4.78, 5) is 11.7. The van der Waals surface area contributed by atoms with Gasteiger partial charge in [0.2, 0.25) is 5.91 Å². The van der Waals surface area contributed by atoms with E-state index in [9.17, 15) is 4.79 Å². The molecule has 0 radical (unpaired) electrons. The van der Waals surface area contributed by atoms with Gasteiger partial charge in [0.15, 0.2) is 0 Å². The van der Waals surface area contributed by atoms with Crippen LogP contribution in [0.4, 0.5) is 0 Å². The highest BCUT2D eigenvalue weighted by molar-refractivity contribution is 5.76. The second kappa shape index (κ2) is 5.36. The monoisotopic (exact) mass is 237 g/mol. The van der Waals surface area contributed by atoms with E-state index in [1.165, 1.54) is 0 Å². The number of nitrogens with zero attached hydrogens (tertiary/aromatic N) is 1. The van der Waals surface area contributed by atoms with Gasteiger partial charge in [-0.25, -0.2) is 0 Å². The molecule has 0 bridgehead atoms. The van der Waals surface area contributed by atoms with Crippen molar-refractivity contribution in [1.82, 2.24) is 9.88 Å². The third kappa shape index (κ3) is 4.61. The predicted molar refractivity (Wildman–Crippen MR) is 69.3 cm³/mol. The first-order chi connectivity index (χ1) is 7.79. The van der Waals surface area contributed by atoms with Crippen molar-refractivity contribution >= 4 is 5.91 Å². The van der Waals surface area contributed by atoms with Crippen LogP contribution >= 0.6 is 0 Å². The Balaban J connectivity index is 2.36. The summed E-state index contributed by atoms with van der Waals surface area (Å²) in [5.41, 5.74) is 7.02. The van der Waals surface area contributed by atoms with Crippen LogP contribution in [0.3, 0.4) is 0 Å². The van der Waals surface area contributed by atoms with Gasteiger partial charge in [-0.1, -0.05) is 20.8 Å². The minimum absolute atomic E-state index is 0.0104. The summed E-state index contributed by atoms with van der Waals surface area (Å²) in [6.07, 6.45) is 4.32. The van der Waals surface area contributed by atoms with Gasteiger partial charge in [0.25, 0.3) is 0 Å². The molecule has 0 saturated carbocycles. The SMILES string of the molecule is Cn1ccc(CNC(=O)CC(N)C(C)(C)C)c1. The maximum atomic E-state index is 11.7. The molecule has 1 unspecified atom stereocenters. The number of rotatable bonds is 4. The van der Waals surface area contributed by atoms with Crippen molar-refractivity contribution in [2.24, 2.45) is 18.2 Å². The summed E-state index contributed by atoms with van der Waals surface area (Å²) in [5.74, 6) is 0.0104. The lowest BCUT2D eigenvalue weighted by Gasteiger charge is -2.26. The van der Waals surface area contributed by atoms with Gasteiger partial charge in [0, 0.05) is 38.4 Å². The zero-order valence-electron chi connectivity index (χ0n) is 11.2. The first kappa shape index (κ1) is 13.8. The van der Waals surface area contributed by atoms with Gasteiger partial charge in [0.05, 0.1) is 0 Å². The number of nitrogens with one attached hydrogen (secondary N) is 1. The van der Waals surface area contributed by atoms with Crippen molar-refractivity contribution in [3.63, 3.8) is 0 Å². The van der Waals surface area contributed by atoms with Gasteiger partial charge in [-0.05, 0) is 17.0 Å². The molecular weight excluding hydrogens is 214 g/mol. The predicted octanol–water partition coefficient (Wildman–Crippen LogP) is 1.40. The second-order valence-corrected chi connectivity index (χ2v) is 5.64. The Kier molecular flexibility index (Phi) is 4.34. The Morgan fingerprint density at radius 2 is 2.18 bits per heavy atom. The topological polar surface area (TPSA) is 60.0 Å². The molecule has 4 heteroatoms. The average Bonchev–Trinajstić information content (AvgIpc) is 2.60. The van der Waals surface area contributed by atoms with E-state index >= 15 is 0 Å². The Labute approximate surface area is 103 Å². The number of amides is 1. The van der Waals surface area contributed by atoms with Crippen LogP contribution < -0.4 is 11.1 Å². The molecule has 1 amide bonds. The molecule has 3 N–H and O–H groups in total. The van der Waals surface area contributed by atoms with Crippen molar-refractivity contribution < 1.29 is 4.79 Å². The van der Waals surface area contributed by atoms with Crippen LogP contribution in [0.5, 0.6) is 0 Å². The lowest BCUT2D eigenvalue weighted by molar-refractivity contribution is -0.122. The van der Waals surface area contributed by atoms with Crippen molar-refractivity contribution in [3.8, 4) is 0 Å². The Hall–Kier alpha value is -1.29. The lowest BCUT2D eigenvalue weighted by atomic mass is 9.85. The number of aryl methyl sites for hydroxylation is 1. The molecular formula is C13H23N3O. The second-order valence-electron chi connectivity index (χ2n) is 5.64. The van der Waals surface area contributed by atoms with Crippen LogP contribution in [0.1, 0.15) is 32.8 Å². The van der Waals surface area contributed by atoms with Gasteiger partial charge >= 0.3 is 0 Å². The fourth-order valence-electron chi connectivity index (χ4n) is 1.44. The molecule has 0 saturated heterocycles. The van der Waals surface area contributed by atoms with Crippen molar-refractivity contribution in [3.05, 3.63) is 24.0 Å². The highest BCUT2D eigenvalue weighted by atomic mass is 16.1. The number of carbonyl (C=O) groups is 1. The molecule has 17 heavy (non-hydrogen) atoms. The molecule has 1 atom stereocenters. The van der Waals surface area contributed by atoms with E-state index in [-0.39, 0.29) is 17.4 Å². The Morgan fingerprint density at radius 1 is 1.53 bits per heavy atom. The Morgan fingerprint density at radius 3 is 2.65 bits per heavy atom. The number of hydrogen-bond acceptors (Lipinski definition) is 2. The number of carbonyl (C=O) groups excluding carboxylic acids is 1. The summed E-state index contributed by atoms with van der Waals surface area (Å²) < 4.78 is 1.96. The van der Waals surface area contributed by atoms with Crippen LogP contribution in [0.2, 0.25) is 0 Å². The number of hydrogen-bond donors (Lipinski definition) is 2. The normalized spacial score (nSPS) is 13.5. The van der Waals surface area contributed by atoms with E-state index in [2.05, 4.69) is 5.32 Å². The molecule has 0 fully saturated rings. The van der Waals surface area contributed by atoms with Crippen LogP contribution in [0.25, 0.3) is 0 Å². The molecule has 1 heterocycles. The van der Waals surface area contributed by atoms with E-state index in [0.29, 0.717) is 13.0 Å². The summed E-state index contributed by atoms with van der Waals surface area (Å²) in [7, 11) is 1.96. The van der Waals surface area contributed by atoms with Crippen LogP contribution in [-0.2, 0) is 18.4 Å². The summed E-state index contributed by atoms with van der Waals surface area (Å²) in [6, 6.07) is 1.88. The minimum atomic E-state index is -0.113. The summed E-state index contributed by atoms with van der Waals surface area (Å²) >= 11 is 0. The van der Waals surface area contributed by atoms with E-state index in [1.807, 2.05) is 50.8 Å². The van der Waals surface area contributed by atoms with E-state index < -0.39 is 0 Å². The molecule has 0 aromatic carbocycles. The minimum Gasteiger partial charge on any atom is -0.357 e. The lowest BCUT2D eigenvalue weighted by Crippen LogP contribution is -2.39. The zero-order valence-corrected chi connectivity index (χ0v) is 11.2. The van der Waals surface area contributed by atoms with Crippen LogP contribution in [-0.4, -0.2) is 16.5 Å². The first-order valence-electron chi connectivity index (χ1n) is 5.92. The molecule has 1 aromatic rings. The van der Waals surface area contributed by atoms with E-state index in [0.717, 1.165) is 5.56 Å². The molecule has 96 valence electrons. The zero-order chi connectivity index (χ0) is 13.1. The molecule has 4 nitrogen and oxygen atoms in total. The van der Waals surface area contributed by atoms with E-state index in [4.69, 9.17) is 5.73 Å². The van der Waals surface area contributed by atoms with Gasteiger partial charge in [-0.3, -0.25) is 4.79 Å². The number of aromatic nitrogens is 1. The summed E-state index contributed by atoms with van der Waals surface area (Å²) in [5, 5.41) is 2.88. The quantitative estimate of drug-likeness (QED) is 0.831. The van der Waals surface area contributed by atoms with Crippen molar-refractivity contribution in [2.45, 2.75) is 39.8 Å². The molecule has 1 rings (SSSR count). The standard InChI is InChI=1S/C13H23N3O/c1-13(2,3)11(14)7-12(17)15-8-10-5-6-16(4)9-10/h5-6,9,11H,7-8,14H2,1-4H3,(H,15,17).